The summed E-state index contributed by atoms with van der Waals surface area (Å²) in [5, 5.41) is 2.79. The molecule has 3 rings (SSSR count). The van der Waals surface area contributed by atoms with Crippen molar-refractivity contribution in [2.45, 2.75) is 18.7 Å². The third-order valence-corrected chi connectivity index (χ3v) is 5.72. The molecule has 1 amide bonds. The molecule has 0 saturated carbocycles. The molecule has 1 aliphatic heterocycles. The molecule has 0 radical (unpaired) electrons. The molecule has 23 heavy (non-hydrogen) atoms. The minimum atomic E-state index is -3.73. The topological polar surface area (TPSA) is 66.5 Å². The molecule has 0 aliphatic carbocycles. The Morgan fingerprint density at radius 1 is 1.09 bits per heavy atom. The third kappa shape index (κ3) is 2.82. The van der Waals surface area contributed by atoms with E-state index in [4.69, 9.17) is 0 Å². The number of aryl methyl sites for hydroxylation is 1. The van der Waals surface area contributed by atoms with Crippen LogP contribution >= 0.6 is 0 Å². The number of sulfonamides is 1. The van der Waals surface area contributed by atoms with Gasteiger partial charge in [0.15, 0.2) is 0 Å². The molecule has 120 valence electrons. The second kappa shape index (κ2) is 5.70. The lowest BCUT2D eigenvalue weighted by Gasteiger charge is -2.25. The van der Waals surface area contributed by atoms with Gasteiger partial charge in [-0.1, -0.05) is 36.8 Å². The van der Waals surface area contributed by atoms with Crippen molar-refractivity contribution in [1.29, 1.82) is 0 Å². The average Bonchev–Trinajstić information content (AvgIpc) is 2.65. The number of anilines is 2. The van der Waals surface area contributed by atoms with E-state index in [1.54, 1.807) is 55.5 Å². The van der Waals surface area contributed by atoms with Crippen LogP contribution in [0.1, 0.15) is 12.5 Å². The Morgan fingerprint density at radius 2 is 1.74 bits per heavy atom. The number of nitrogens with one attached hydrogen (secondary N) is 1. The number of para-hydroxylation sites is 2. The summed E-state index contributed by atoms with van der Waals surface area (Å²) in [6.45, 7) is 3.74. The van der Waals surface area contributed by atoms with E-state index in [9.17, 15) is 13.2 Å². The maximum Gasteiger partial charge on any atom is 0.264 e. The van der Waals surface area contributed by atoms with Gasteiger partial charge in [0.1, 0.15) is 0 Å². The Balaban J connectivity index is 2.13. The van der Waals surface area contributed by atoms with Gasteiger partial charge in [0.25, 0.3) is 10.0 Å². The fourth-order valence-corrected chi connectivity index (χ4v) is 4.12. The lowest BCUT2D eigenvalue weighted by atomic mass is 10.2. The fourth-order valence-electron chi connectivity index (χ4n) is 2.55. The van der Waals surface area contributed by atoms with E-state index in [1.807, 2.05) is 6.92 Å². The van der Waals surface area contributed by atoms with Crippen molar-refractivity contribution < 1.29 is 13.2 Å². The second-order valence-electron chi connectivity index (χ2n) is 5.76. The van der Waals surface area contributed by atoms with Crippen molar-refractivity contribution in [1.82, 2.24) is 0 Å². The van der Waals surface area contributed by atoms with E-state index in [-0.39, 0.29) is 17.3 Å². The van der Waals surface area contributed by atoms with Crippen LogP contribution in [0.3, 0.4) is 0 Å². The van der Waals surface area contributed by atoms with Gasteiger partial charge >= 0.3 is 0 Å². The minimum Gasteiger partial charge on any atom is -0.324 e. The lowest BCUT2D eigenvalue weighted by Crippen LogP contribution is -2.35. The third-order valence-electron chi connectivity index (χ3n) is 3.93. The maximum atomic E-state index is 13.1. The Bertz CT molecular complexity index is 844. The van der Waals surface area contributed by atoms with Gasteiger partial charge in [-0.2, -0.15) is 0 Å². The summed E-state index contributed by atoms with van der Waals surface area (Å²) in [6, 6.07) is 13.7. The number of carbonyl (C=O) groups excluding carboxylic acids is 1. The normalized spacial score (nSPS) is 18.1. The van der Waals surface area contributed by atoms with E-state index in [0.29, 0.717) is 11.4 Å². The van der Waals surface area contributed by atoms with Gasteiger partial charge in [-0.15, -0.1) is 0 Å². The van der Waals surface area contributed by atoms with Crippen LogP contribution in [-0.4, -0.2) is 20.9 Å². The molecular formula is C17H18N2O3S. The van der Waals surface area contributed by atoms with Gasteiger partial charge in [0, 0.05) is 6.54 Å². The summed E-state index contributed by atoms with van der Waals surface area (Å²) >= 11 is 0. The molecule has 2 aromatic rings. The molecule has 1 aliphatic rings. The predicted molar refractivity (Wildman–Crippen MR) is 89.9 cm³/mol. The Morgan fingerprint density at radius 3 is 2.43 bits per heavy atom. The summed E-state index contributed by atoms with van der Waals surface area (Å²) in [4.78, 5) is 12.3. The maximum absolute atomic E-state index is 13.1. The van der Waals surface area contributed by atoms with Crippen LogP contribution in [0, 0.1) is 12.8 Å². The highest BCUT2D eigenvalue weighted by molar-refractivity contribution is 7.92. The monoisotopic (exact) mass is 330 g/mol. The molecule has 1 atom stereocenters. The highest BCUT2D eigenvalue weighted by atomic mass is 32.2. The van der Waals surface area contributed by atoms with Crippen LogP contribution in [0.2, 0.25) is 0 Å². The zero-order chi connectivity index (χ0) is 16.6. The molecule has 0 unspecified atom stereocenters. The molecule has 0 saturated heterocycles. The number of hydrogen-bond acceptors (Lipinski definition) is 3. The van der Waals surface area contributed by atoms with Crippen molar-refractivity contribution in [3.05, 3.63) is 54.1 Å². The van der Waals surface area contributed by atoms with Crippen molar-refractivity contribution >= 4 is 27.3 Å². The van der Waals surface area contributed by atoms with Gasteiger partial charge in [0.2, 0.25) is 5.91 Å². The molecule has 0 bridgehead atoms. The van der Waals surface area contributed by atoms with Gasteiger partial charge in [-0.3, -0.25) is 9.10 Å². The Labute approximate surface area is 136 Å². The van der Waals surface area contributed by atoms with E-state index in [1.165, 1.54) is 4.31 Å². The molecular weight excluding hydrogens is 312 g/mol. The molecule has 5 nitrogen and oxygen atoms in total. The van der Waals surface area contributed by atoms with Crippen molar-refractivity contribution in [2.24, 2.45) is 5.92 Å². The zero-order valence-corrected chi connectivity index (χ0v) is 13.8. The minimum absolute atomic E-state index is 0.110. The molecule has 0 spiro atoms. The number of fused-ring (bicyclic) bond motifs is 1. The number of carbonyl (C=O) groups is 1. The number of rotatable bonds is 2. The van der Waals surface area contributed by atoms with E-state index in [2.05, 4.69) is 5.32 Å². The van der Waals surface area contributed by atoms with Crippen LogP contribution in [-0.2, 0) is 14.8 Å². The molecule has 1 heterocycles. The first-order valence-electron chi connectivity index (χ1n) is 7.39. The predicted octanol–water partition coefficient (Wildman–Crippen LogP) is 2.78. The first-order chi connectivity index (χ1) is 10.9. The van der Waals surface area contributed by atoms with Crippen LogP contribution in [0.5, 0.6) is 0 Å². The summed E-state index contributed by atoms with van der Waals surface area (Å²) in [5.74, 6) is -0.623. The van der Waals surface area contributed by atoms with Gasteiger partial charge in [-0.05, 0) is 31.2 Å². The molecule has 2 aromatic carbocycles. The summed E-state index contributed by atoms with van der Waals surface area (Å²) < 4.78 is 27.4. The van der Waals surface area contributed by atoms with Crippen LogP contribution in [0.4, 0.5) is 11.4 Å². The number of hydrogen-bond donors (Lipinski definition) is 1. The largest absolute Gasteiger partial charge is 0.324 e. The van der Waals surface area contributed by atoms with Gasteiger partial charge < -0.3 is 5.32 Å². The van der Waals surface area contributed by atoms with Crippen molar-refractivity contribution in [3.63, 3.8) is 0 Å². The average molecular weight is 330 g/mol. The SMILES string of the molecule is Cc1ccc(S(=O)(=O)N2C[C@H](C)C(=O)Nc3ccccc32)cc1. The van der Waals surface area contributed by atoms with Gasteiger partial charge in [-0.25, -0.2) is 8.42 Å². The standard InChI is InChI=1S/C17H18N2O3S/c1-12-7-9-14(10-8-12)23(21,22)19-11-13(2)17(20)18-15-5-3-4-6-16(15)19/h3-10,13H,11H2,1-2H3,(H,18,20)/t13-/m0/s1. The van der Waals surface area contributed by atoms with Crippen LogP contribution in [0.15, 0.2) is 53.4 Å². The highest BCUT2D eigenvalue weighted by Gasteiger charge is 2.32. The summed E-state index contributed by atoms with van der Waals surface area (Å²) in [6.07, 6.45) is 0. The quantitative estimate of drug-likeness (QED) is 0.921. The lowest BCUT2D eigenvalue weighted by molar-refractivity contribution is -0.119. The zero-order valence-electron chi connectivity index (χ0n) is 13.0. The number of benzene rings is 2. The molecule has 1 N–H and O–H groups in total. The Hall–Kier alpha value is -2.34. The summed E-state index contributed by atoms with van der Waals surface area (Å²) in [5.41, 5.74) is 1.99. The number of amides is 1. The highest BCUT2D eigenvalue weighted by Crippen LogP contribution is 2.34. The first kappa shape index (κ1) is 15.6. The van der Waals surface area contributed by atoms with E-state index in [0.717, 1.165) is 5.56 Å². The van der Waals surface area contributed by atoms with E-state index >= 15 is 0 Å². The van der Waals surface area contributed by atoms with E-state index < -0.39 is 15.9 Å². The van der Waals surface area contributed by atoms with Gasteiger partial charge in [0.05, 0.1) is 22.2 Å². The first-order valence-corrected chi connectivity index (χ1v) is 8.83. The van der Waals surface area contributed by atoms with Crippen LogP contribution in [0.25, 0.3) is 0 Å². The smallest absolute Gasteiger partial charge is 0.264 e. The van der Waals surface area contributed by atoms with Crippen molar-refractivity contribution in [3.8, 4) is 0 Å². The summed E-state index contributed by atoms with van der Waals surface area (Å²) in [7, 11) is -3.73. The molecule has 6 heteroatoms. The molecule has 0 aromatic heterocycles. The number of nitrogens with zero attached hydrogens (tertiary/aromatic N) is 1. The molecule has 0 fully saturated rings. The second-order valence-corrected chi connectivity index (χ2v) is 7.62. The van der Waals surface area contributed by atoms with Crippen molar-refractivity contribution in [2.75, 3.05) is 16.2 Å². The fraction of sp³-hybridized carbons (Fsp3) is 0.235. The Kier molecular flexibility index (Phi) is 3.85. The van der Waals surface area contributed by atoms with Crippen LogP contribution < -0.4 is 9.62 Å².